The quantitative estimate of drug-likeness (QED) is 0.645. The van der Waals surface area contributed by atoms with Gasteiger partial charge < -0.3 is 10.1 Å². The van der Waals surface area contributed by atoms with Crippen LogP contribution in [-0.4, -0.2) is 0 Å². The van der Waals surface area contributed by atoms with Crippen LogP contribution < -0.4 is 5.32 Å². The lowest BCUT2D eigenvalue weighted by Crippen LogP contribution is -2.22. The van der Waals surface area contributed by atoms with Crippen molar-refractivity contribution in [2.75, 3.05) is 0 Å². The van der Waals surface area contributed by atoms with Crippen LogP contribution in [0.15, 0.2) is 24.4 Å². The highest BCUT2D eigenvalue weighted by Gasteiger charge is 2.31. The Hall–Kier alpha value is -0.920. The van der Waals surface area contributed by atoms with Crippen LogP contribution >= 0.6 is 0 Å². The van der Waals surface area contributed by atoms with E-state index in [1.165, 1.54) is 38.5 Å². The van der Waals surface area contributed by atoms with Gasteiger partial charge in [0.2, 0.25) is 0 Å². The van der Waals surface area contributed by atoms with Crippen LogP contribution in [0.3, 0.4) is 0 Å². The first-order valence-electron chi connectivity index (χ1n) is 5.60. The molecule has 14 heavy (non-hydrogen) atoms. The molecule has 1 aliphatic carbocycles. The van der Waals surface area contributed by atoms with Gasteiger partial charge in [0, 0.05) is 17.8 Å². The number of rotatable bonds is 1. The summed E-state index contributed by atoms with van der Waals surface area (Å²) < 4.78 is 5.59. The maximum absolute atomic E-state index is 5.59. The van der Waals surface area contributed by atoms with E-state index in [9.17, 15) is 0 Å². The molecule has 2 heteroatoms. The molecule has 0 radical (unpaired) electrons. The number of hydrogen-bond acceptors (Lipinski definition) is 2. The maximum atomic E-state index is 5.59. The molecule has 0 bridgehead atoms. The van der Waals surface area contributed by atoms with Gasteiger partial charge in [-0.25, -0.2) is 0 Å². The van der Waals surface area contributed by atoms with Gasteiger partial charge in [-0.05, 0) is 12.8 Å². The molecule has 2 rings (SSSR count). The van der Waals surface area contributed by atoms with Gasteiger partial charge in [0.05, 0.1) is 0 Å². The highest BCUT2D eigenvalue weighted by atomic mass is 16.5. The second-order valence-corrected chi connectivity index (χ2v) is 4.57. The number of allylic oxidation sites excluding steroid dienone is 1. The predicted molar refractivity (Wildman–Crippen MR) is 57.3 cm³/mol. The first kappa shape index (κ1) is 9.63. The zero-order valence-electron chi connectivity index (χ0n) is 8.88. The summed E-state index contributed by atoms with van der Waals surface area (Å²) in [7, 11) is 0. The van der Waals surface area contributed by atoms with Crippen molar-refractivity contribution in [3.05, 3.63) is 24.4 Å². The van der Waals surface area contributed by atoms with Gasteiger partial charge in [-0.1, -0.05) is 32.6 Å². The SMILES string of the molecule is CC1(C2=CNC=CO2)CCCCCC1. The highest BCUT2D eigenvalue weighted by molar-refractivity contribution is 5.11. The Balaban J connectivity index is 2.08. The van der Waals surface area contributed by atoms with Gasteiger partial charge in [-0.3, -0.25) is 0 Å². The lowest BCUT2D eigenvalue weighted by molar-refractivity contribution is 0.186. The van der Waals surface area contributed by atoms with Gasteiger partial charge in [0.1, 0.15) is 12.0 Å². The van der Waals surface area contributed by atoms with Crippen molar-refractivity contribution < 1.29 is 4.74 Å². The van der Waals surface area contributed by atoms with E-state index in [1.54, 1.807) is 6.26 Å². The van der Waals surface area contributed by atoms with E-state index in [2.05, 4.69) is 12.2 Å². The summed E-state index contributed by atoms with van der Waals surface area (Å²) in [6, 6.07) is 0. The van der Waals surface area contributed by atoms with Crippen LogP contribution in [-0.2, 0) is 4.74 Å². The molecule has 1 heterocycles. The van der Waals surface area contributed by atoms with E-state index in [0.717, 1.165) is 5.76 Å². The third-order valence-electron chi connectivity index (χ3n) is 3.38. The summed E-state index contributed by atoms with van der Waals surface area (Å²) >= 11 is 0. The average molecular weight is 193 g/mol. The Morgan fingerprint density at radius 3 is 2.50 bits per heavy atom. The molecular weight excluding hydrogens is 174 g/mol. The van der Waals surface area contributed by atoms with Crippen LogP contribution in [0.1, 0.15) is 45.4 Å². The maximum Gasteiger partial charge on any atom is 0.125 e. The fraction of sp³-hybridized carbons (Fsp3) is 0.667. The number of hydrogen-bond donors (Lipinski definition) is 1. The van der Waals surface area contributed by atoms with Crippen LogP contribution in [0.25, 0.3) is 0 Å². The minimum Gasteiger partial charge on any atom is -0.466 e. The van der Waals surface area contributed by atoms with Crippen molar-refractivity contribution >= 4 is 0 Å². The largest absolute Gasteiger partial charge is 0.466 e. The standard InChI is InChI=1S/C12H19NO/c1-12(6-4-2-3-5-7-12)11-10-13-8-9-14-11/h8-10,13H,2-7H2,1H3. The normalized spacial score (nSPS) is 25.6. The summed E-state index contributed by atoms with van der Waals surface area (Å²) in [5.74, 6) is 1.11. The van der Waals surface area contributed by atoms with Crippen molar-refractivity contribution in [2.24, 2.45) is 5.41 Å². The Morgan fingerprint density at radius 2 is 1.93 bits per heavy atom. The van der Waals surface area contributed by atoms with E-state index in [0.29, 0.717) is 0 Å². The molecule has 0 aromatic rings. The van der Waals surface area contributed by atoms with Crippen molar-refractivity contribution in [2.45, 2.75) is 45.4 Å². The zero-order valence-corrected chi connectivity index (χ0v) is 8.88. The monoisotopic (exact) mass is 193 g/mol. The minimum absolute atomic E-state index is 0.258. The van der Waals surface area contributed by atoms with Crippen molar-refractivity contribution in [3.63, 3.8) is 0 Å². The molecule has 0 aromatic carbocycles. The van der Waals surface area contributed by atoms with Gasteiger partial charge in [-0.2, -0.15) is 0 Å². The highest BCUT2D eigenvalue weighted by Crippen LogP contribution is 2.41. The molecule has 1 aliphatic heterocycles. The van der Waals surface area contributed by atoms with Crippen molar-refractivity contribution in [1.82, 2.24) is 5.32 Å². The lowest BCUT2D eigenvalue weighted by atomic mass is 9.80. The Labute approximate surface area is 86.0 Å². The van der Waals surface area contributed by atoms with Crippen molar-refractivity contribution in [3.8, 4) is 0 Å². The number of ether oxygens (including phenoxy) is 1. The molecule has 0 amide bonds. The summed E-state index contributed by atoms with van der Waals surface area (Å²) in [5, 5.41) is 3.11. The molecule has 78 valence electrons. The number of nitrogens with one attached hydrogen (secondary N) is 1. The van der Waals surface area contributed by atoms with E-state index < -0.39 is 0 Å². The van der Waals surface area contributed by atoms with Crippen LogP contribution in [0.5, 0.6) is 0 Å². The summed E-state index contributed by atoms with van der Waals surface area (Å²) in [6.45, 7) is 2.32. The first-order valence-corrected chi connectivity index (χ1v) is 5.60. The molecule has 1 fully saturated rings. The zero-order chi connectivity index (χ0) is 9.86. The molecule has 0 saturated heterocycles. The fourth-order valence-electron chi connectivity index (χ4n) is 2.38. The van der Waals surface area contributed by atoms with Crippen LogP contribution in [0.2, 0.25) is 0 Å². The molecule has 1 saturated carbocycles. The summed E-state index contributed by atoms with van der Waals surface area (Å²) in [6.07, 6.45) is 13.5. The summed E-state index contributed by atoms with van der Waals surface area (Å²) in [4.78, 5) is 0. The van der Waals surface area contributed by atoms with Gasteiger partial charge in [0.15, 0.2) is 0 Å². The van der Waals surface area contributed by atoms with E-state index in [4.69, 9.17) is 4.74 Å². The second kappa shape index (κ2) is 4.07. The molecule has 2 nitrogen and oxygen atoms in total. The lowest BCUT2D eigenvalue weighted by Gasteiger charge is -2.30. The average Bonchev–Trinajstić information content (AvgIpc) is 2.46. The Bertz CT molecular complexity index is 247. The molecule has 0 spiro atoms. The molecule has 1 N–H and O–H groups in total. The third-order valence-corrected chi connectivity index (χ3v) is 3.38. The molecular formula is C12H19NO. The third kappa shape index (κ3) is 1.94. The van der Waals surface area contributed by atoms with Crippen LogP contribution in [0, 0.1) is 5.41 Å². The molecule has 0 aromatic heterocycles. The van der Waals surface area contributed by atoms with E-state index in [1.807, 2.05) is 12.4 Å². The molecule has 0 unspecified atom stereocenters. The molecule has 0 atom stereocenters. The smallest absolute Gasteiger partial charge is 0.125 e. The topological polar surface area (TPSA) is 21.3 Å². The minimum atomic E-state index is 0.258. The fourth-order valence-corrected chi connectivity index (χ4v) is 2.38. The summed E-state index contributed by atoms with van der Waals surface area (Å²) in [5.41, 5.74) is 0.258. The predicted octanol–water partition coefficient (Wildman–Crippen LogP) is 3.28. The van der Waals surface area contributed by atoms with Crippen LogP contribution in [0.4, 0.5) is 0 Å². The first-order chi connectivity index (χ1) is 6.81. The molecule has 2 aliphatic rings. The second-order valence-electron chi connectivity index (χ2n) is 4.57. The van der Waals surface area contributed by atoms with E-state index in [-0.39, 0.29) is 5.41 Å². The van der Waals surface area contributed by atoms with E-state index >= 15 is 0 Å². The van der Waals surface area contributed by atoms with Gasteiger partial charge >= 0.3 is 0 Å². The van der Waals surface area contributed by atoms with Gasteiger partial charge in [-0.15, -0.1) is 0 Å². The van der Waals surface area contributed by atoms with Crippen molar-refractivity contribution in [1.29, 1.82) is 0 Å². The Kier molecular flexibility index (Phi) is 2.80. The van der Waals surface area contributed by atoms with Gasteiger partial charge in [0.25, 0.3) is 0 Å². The Morgan fingerprint density at radius 1 is 1.21 bits per heavy atom.